The number of carbonyl (C=O) groups excluding carboxylic acids is 2. The van der Waals surface area contributed by atoms with Crippen LogP contribution >= 0.6 is 0 Å². The van der Waals surface area contributed by atoms with E-state index in [1.54, 1.807) is 0 Å². The zero-order valence-electron chi connectivity index (χ0n) is 15.9. The Kier molecular flexibility index (Phi) is 5.01. The molecule has 1 atom stereocenters. The Morgan fingerprint density at radius 3 is 2.96 bits per heavy atom. The molecule has 2 aliphatic rings. The van der Waals surface area contributed by atoms with Gasteiger partial charge in [0.1, 0.15) is 0 Å². The number of rotatable bonds is 4. The fraction of sp³-hybridized carbons (Fsp3) is 0.550. The molecule has 27 heavy (non-hydrogen) atoms. The molecule has 2 aromatic rings. The second-order valence-electron chi connectivity index (χ2n) is 7.59. The summed E-state index contributed by atoms with van der Waals surface area (Å²) in [6, 6.07) is 6.01. The molecule has 0 aliphatic carbocycles. The summed E-state index contributed by atoms with van der Waals surface area (Å²) in [5.41, 5.74) is 1.83. The van der Waals surface area contributed by atoms with Gasteiger partial charge in [-0.1, -0.05) is 0 Å². The SMILES string of the molecule is Cn1ncc2cc(NC(=O)N3CCCC[C@@H]3CCN3CCCC3=O)ccc21. The second kappa shape index (κ2) is 7.58. The Morgan fingerprint density at radius 1 is 1.26 bits per heavy atom. The highest BCUT2D eigenvalue weighted by molar-refractivity contribution is 5.92. The molecule has 2 aliphatic heterocycles. The van der Waals surface area contributed by atoms with Crippen molar-refractivity contribution in [1.82, 2.24) is 19.6 Å². The highest BCUT2D eigenvalue weighted by Crippen LogP contribution is 2.24. The molecule has 2 fully saturated rings. The Morgan fingerprint density at radius 2 is 2.15 bits per heavy atom. The number of nitrogens with one attached hydrogen (secondary N) is 1. The summed E-state index contributed by atoms with van der Waals surface area (Å²) in [6.45, 7) is 2.40. The zero-order chi connectivity index (χ0) is 18.8. The van der Waals surface area contributed by atoms with Crippen molar-refractivity contribution in [1.29, 1.82) is 0 Å². The molecule has 1 aromatic heterocycles. The van der Waals surface area contributed by atoms with E-state index in [4.69, 9.17) is 0 Å². The summed E-state index contributed by atoms with van der Waals surface area (Å²) in [5, 5.41) is 8.31. The fourth-order valence-electron chi connectivity index (χ4n) is 4.25. The largest absolute Gasteiger partial charge is 0.343 e. The van der Waals surface area contributed by atoms with E-state index in [1.807, 2.05) is 45.9 Å². The Labute approximate surface area is 159 Å². The van der Waals surface area contributed by atoms with E-state index in [0.29, 0.717) is 6.42 Å². The molecule has 3 heterocycles. The van der Waals surface area contributed by atoms with Crippen LogP contribution < -0.4 is 5.32 Å². The number of benzene rings is 1. The first-order valence-electron chi connectivity index (χ1n) is 9.89. The van der Waals surface area contributed by atoms with Gasteiger partial charge >= 0.3 is 6.03 Å². The number of fused-ring (bicyclic) bond motifs is 1. The third kappa shape index (κ3) is 3.77. The van der Waals surface area contributed by atoms with Gasteiger partial charge in [-0.05, 0) is 50.3 Å². The van der Waals surface area contributed by atoms with Crippen LogP contribution in [-0.4, -0.2) is 57.2 Å². The Hall–Kier alpha value is -2.57. The minimum absolute atomic E-state index is 0.0457. The normalized spacial score (nSPS) is 20.5. The molecule has 3 amide bonds. The first-order valence-corrected chi connectivity index (χ1v) is 9.89. The van der Waals surface area contributed by atoms with Gasteiger partial charge in [0, 0.05) is 50.2 Å². The number of nitrogens with zero attached hydrogens (tertiary/aromatic N) is 4. The lowest BCUT2D eigenvalue weighted by Crippen LogP contribution is -2.47. The predicted molar refractivity (Wildman–Crippen MR) is 105 cm³/mol. The van der Waals surface area contributed by atoms with Gasteiger partial charge in [0.2, 0.25) is 5.91 Å². The highest BCUT2D eigenvalue weighted by Gasteiger charge is 2.28. The maximum Gasteiger partial charge on any atom is 0.322 e. The average Bonchev–Trinajstić information content (AvgIpc) is 3.25. The molecule has 0 unspecified atom stereocenters. The average molecular weight is 369 g/mol. The maximum absolute atomic E-state index is 12.9. The summed E-state index contributed by atoms with van der Waals surface area (Å²) in [5.74, 6) is 0.256. The maximum atomic E-state index is 12.9. The van der Waals surface area contributed by atoms with Gasteiger partial charge < -0.3 is 15.1 Å². The molecular weight excluding hydrogens is 342 g/mol. The van der Waals surface area contributed by atoms with Crippen molar-refractivity contribution in [2.24, 2.45) is 7.05 Å². The van der Waals surface area contributed by atoms with Crippen molar-refractivity contribution >= 4 is 28.5 Å². The summed E-state index contributed by atoms with van der Waals surface area (Å²) < 4.78 is 1.82. The van der Waals surface area contributed by atoms with Crippen molar-refractivity contribution < 1.29 is 9.59 Å². The van der Waals surface area contributed by atoms with Crippen LogP contribution in [0, 0.1) is 0 Å². The number of aromatic nitrogens is 2. The molecule has 4 rings (SSSR count). The van der Waals surface area contributed by atoms with Gasteiger partial charge in [-0.25, -0.2) is 4.79 Å². The third-order valence-corrected chi connectivity index (χ3v) is 5.79. The van der Waals surface area contributed by atoms with Crippen LogP contribution in [0.2, 0.25) is 0 Å². The first-order chi connectivity index (χ1) is 13.1. The Balaban J connectivity index is 1.40. The van der Waals surface area contributed by atoms with Gasteiger partial charge in [0.15, 0.2) is 0 Å². The van der Waals surface area contributed by atoms with E-state index in [1.165, 1.54) is 0 Å². The van der Waals surface area contributed by atoms with Crippen molar-refractivity contribution in [3.63, 3.8) is 0 Å². The Bertz CT molecular complexity index is 846. The number of anilines is 1. The van der Waals surface area contributed by atoms with Crippen LogP contribution in [0.1, 0.15) is 38.5 Å². The molecule has 1 aromatic carbocycles. The van der Waals surface area contributed by atoms with Gasteiger partial charge in [0.25, 0.3) is 0 Å². The number of hydrogen-bond donors (Lipinski definition) is 1. The molecule has 0 saturated carbocycles. The van der Waals surface area contributed by atoms with E-state index in [9.17, 15) is 9.59 Å². The third-order valence-electron chi connectivity index (χ3n) is 5.79. The van der Waals surface area contributed by atoms with Crippen LogP contribution in [0.15, 0.2) is 24.4 Å². The second-order valence-corrected chi connectivity index (χ2v) is 7.59. The standard InChI is InChI=1S/C20H27N5O2/c1-23-18-8-7-16(13-15(18)14-21-23)22-20(27)25-11-3-2-5-17(25)9-12-24-10-4-6-19(24)26/h7-8,13-14,17H,2-6,9-12H2,1H3,(H,22,27)/t17-/m1/s1. The van der Waals surface area contributed by atoms with Crippen LogP contribution in [0.25, 0.3) is 10.9 Å². The minimum Gasteiger partial charge on any atom is -0.343 e. The van der Waals surface area contributed by atoms with Crippen molar-refractivity contribution in [3.05, 3.63) is 24.4 Å². The van der Waals surface area contributed by atoms with E-state index < -0.39 is 0 Å². The summed E-state index contributed by atoms with van der Waals surface area (Å²) >= 11 is 0. The fourth-order valence-corrected chi connectivity index (χ4v) is 4.25. The quantitative estimate of drug-likeness (QED) is 0.901. The van der Waals surface area contributed by atoms with E-state index in [0.717, 1.165) is 68.3 Å². The summed E-state index contributed by atoms with van der Waals surface area (Å²) in [7, 11) is 1.91. The molecule has 0 bridgehead atoms. The zero-order valence-corrected chi connectivity index (χ0v) is 15.9. The van der Waals surface area contributed by atoms with Crippen LogP contribution in [0.5, 0.6) is 0 Å². The van der Waals surface area contributed by atoms with Gasteiger partial charge in [-0.15, -0.1) is 0 Å². The molecular formula is C20H27N5O2. The topological polar surface area (TPSA) is 70.5 Å². The first kappa shape index (κ1) is 17.8. The molecule has 1 N–H and O–H groups in total. The highest BCUT2D eigenvalue weighted by atomic mass is 16.2. The van der Waals surface area contributed by atoms with Crippen LogP contribution in [0.3, 0.4) is 0 Å². The van der Waals surface area contributed by atoms with Crippen molar-refractivity contribution in [3.8, 4) is 0 Å². The van der Waals surface area contributed by atoms with Crippen molar-refractivity contribution in [2.45, 2.75) is 44.6 Å². The van der Waals surface area contributed by atoms with Crippen LogP contribution in [-0.2, 0) is 11.8 Å². The van der Waals surface area contributed by atoms with E-state index >= 15 is 0 Å². The predicted octanol–water partition coefficient (Wildman–Crippen LogP) is 2.97. The smallest absolute Gasteiger partial charge is 0.322 e. The number of aryl methyl sites for hydroxylation is 1. The van der Waals surface area contributed by atoms with Crippen LogP contribution in [0.4, 0.5) is 10.5 Å². The number of carbonyl (C=O) groups is 2. The lowest BCUT2D eigenvalue weighted by molar-refractivity contribution is -0.127. The van der Waals surface area contributed by atoms with Gasteiger partial charge in [-0.3, -0.25) is 9.48 Å². The summed E-state index contributed by atoms with van der Waals surface area (Å²) in [4.78, 5) is 28.6. The molecule has 0 spiro atoms. The summed E-state index contributed by atoms with van der Waals surface area (Å²) in [6.07, 6.45) is 7.49. The molecule has 7 nitrogen and oxygen atoms in total. The minimum atomic E-state index is -0.0457. The van der Waals surface area contributed by atoms with E-state index in [-0.39, 0.29) is 18.0 Å². The lowest BCUT2D eigenvalue weighted by Gasteiger charge is -2.36. The molecule has 2 saturated heterocycles. The number of piperidine rings is 1. The van der Waals surface area contributed by atoms with Gasteiger partial charge in [-0.2, -0.15) is 5.10 Å². The number of urea groups is 1. The molecule has 144 valence electrons. The number of hydrogen-bond acceptors (Lipinski definition) is 3. The molecule has 0 radical (unpaired) electrons. The number of amides is 3. The van der Waals surface area contributed by atoms with Gasteiger partial charge in [0.05, 0.1) is 11.7 Å². The monoisotopic (exact) mass is 369 g/mol. The lowest BCUT2D eigenvalue weighted by atomic mass is 9.99. The number of likely N-dealkylation sites (tertiary alicyclic amines) is 2. The van der Waals surface area contributed by atoms with E-state index in [2.05, 4.69) is 10.4 Å². The van der Waals surface area contributed by atoms with Crippen molar-refractivity contribution in [2.75, 3.05) is 25.0 Å². The molecule has 7 heteroatoms.